The van der Waals surface area contributed by atoms with Crippen molar-refractivity contribution in [3.05, 3.63) is 53.3 Å². The van der Waals surface area contributed by atoms with Crippen molar-refractivity contribution in [2.75, 3.05) is 23.3 Å². The lowest BCUT2D eigenvalue weighted by molar-refractivity contribution is -0.120. The van der Waals surface area contributed by atoms with Crippen molar-refractivity contribution < 1.29 is 4.79 Å². The fourth-order valence-corrected chi connectivity index (χ4v) is 3.67. The van der Waals surface area contributed by atoms with Crippen molar-refractivity contribution in [2.24, 2.45) is 5.92 Å². The number of para-hydroxylation sites is 1. The van der Waals surface area contributed by atoms with Gasteiger partial charge in [0.2, 0.25) is 5.91 Å². The molecule has 0 unspecified atom stereocenters. The summed E-state index contributed by atoms with van der Waals surface area (Å²) in [6.07, 6.45) is 5.96. The molecule has 1 aliphatic rings. The number of nitrogens with one attached hydrogen (secondary N) is 1. The number of carbonyl (C=O) groups is 1. The van der Waals surface area contributed by atoms with Gasteiger partial charge in [0.15, 0.2) is 5.82 Å². The molecule has 2 aromatic heterocycles. The molecule has 0 saturated carbocycles. The summed E-state index contributed by atoms with van der Waals surface area (Å²) in [6.45, 7) is 1.42. The molecule has 1 fully saturated rings. The van der Waals surface area contributed by atoms with Crippen molar-refractivity contribution in [3.63, 3.8) is 0 Å². The molecule has 1 saturated heterocycles. The third-order valence-electron chi connectivity index (χ3n) is 4.69. The number of nitrogens with zero attached hydrogens (tertiary/aromatic N) is 6. The van der Waals surface area contributed by atoms with Crippen molar-refractivity contribution in [3.8, 4) is 5.82 Å². The molecule has 144 valence electrons. The van der Waals surface area contributed by atoms with Crippen LogP contribution in [0.1, 0.15) is 12.8 Å². The van der Waals surface area contributed by atoms with Gasteiger partial charge in [0.1, 0.15) is 24.8 Å². The van der Waals surface area contributed by atoms with Gasteiger partial charge in [-0.3, -0.25) is 4.79 Å². The van der Waals surface area contributed by atoms with Crippen LogP contribution >= 0.6 is 23.2 Å². The number of amides is 1. The maximum absolute atomic E-state index is 12.6. The monoisotopic (exact) mass is 417 g/mol. The molecule has 0 bridgehead atoms. The van der Waals surface area contributed by atoms with Gasteiger partial charge in [-0.05, 0) is 25.0 Å². The number of aromatic nitrogens is 5. The second-order valence-corrected chi connectivity index (χ2v) is 7.24. The Kier molecular flexibility index (Phi) is 5.40. The fraction of sp³-hybridized carbons (Fsp3) is 0.278. The van der Waals surface area contributed by atoms with Crippen LogP contribution in [0.25, 0.3) is 5.82 Å². The fourth-order valence-electron chi connectivity index (χ4n) is 3.18. The van der Waals surface area contributed by atoms with E-state index >= 15 is 0 Å². The summed E-state index contributed by atoms with van der Waals surface area (Å²) >= 11 is 12.3. The Hall–Kier alpha value is -2.71. The lowest BCUT2D eigenvalue weighted by atomic mass is 9.96. The minimum Gasteiger partial charge on any atom is -0.356 e. The van der Waals surface area contributed by atoms with Crippen LogP contribution in [-0.2, 0) is 4.79 Å². The van der Waals surface area contributed by atoms with E-state index in [9.17, 15) is 4.79 Å². The first kappa shape index (κ1) is 18.6. The first-order valence-electron chi connectivity index (χ1n) is 8.78. The third kappa shape index (κ3) is 3.93. The molecular formula is C18H17Cl2N7O. The SMILES string of the molecule is O=C(Nc1c(Cl)cccc1Cl)C1CCN(c2cc(-n3cncn3)ncn2)CC1. The molecule has 1 aromatic carbocycles. The quantitative estimate of drug-likeness (QED) is 0.700. The lowest BCUT2D eigenvalue weighted by Crippen LogP contribution is -2.38. The summed E-state index contributed by atoms with van der Waals surface area (Å²) in [5.41, 5.74) is 0.464. The Morgan fingerprint density at radius 2 is 1.79 bits per heavy atom. The van der Waals surface area contributed by atoms with Gasteiger partial charge in [-0.25, -0.2) is 19.6 Å². The summed E-state index contributed by atoms with van der Waals surface area (Å²) < 4.78 is 1.58. The van der Waals surface area contributed by atoms with Gasteiger partial charge in [-0.15, -0.1) is 0 Å². The summed E-state index contributed by atoms with van der Waals surface area (Å²) in [4.78, 5) is 27.3. The minimum absolute atomic E-state index is 0.0688. The average molecular weight is 418 g/mol. The van der Waals surface area contributed by atoms with Gasteiger partial charge in [0.05, 0.1) is 15.7 Å². The third-order valence-corrected chi connectivity index (χ3v) is 5.32. The molecule has 3 heterocycles. The Bertz CT molecular complexity index is 952. The van der Waals surface area contributed by atoms with E-state index in [1.165, 1.54) is 12.7 Å². The van der Waals surface area contributed by atoms with Crippen LogP contribution < -0.4 is 10.2 Å². The zero-order valence-corrected chi connectivity index (χ0v) is 16.3. The predicted octanol–water partition coefficient (Wildman–Crippen LogP) is 3.22. The van der Waals surface area contributed by atoms with E-state index in [0.29, 0.717) is 47.5 Å². The predicted molar refractivity (Wildman–Crippen MR) is 107 cm³/mol. The van der Waals surface area contributed by atoms with E-state index in [0.717, 1.165) is 5.82 Å². The molecule has 0 aliphatic carbocycles. The molecule has 1 amide bonds. The number of rotatable bonds is 4. The largest absolute Gasteiger partial charge is 0.356 e. The number of anilines is 2. The maximum Gasteiger partial charge on any atom is 0.227 e. The Morgan fingerprint density at radius 3 is 2.46 bits per heavy atom. The zero-order chi connectivity index (χ0) is 19.5. The highest BCUT2D eigenvalue weighted by molar-refractivity contribution is 6.39. The van der Waals surface area contributed by atoms with Gasteiger partial charge in [-0.1, -0.05) is 29.3 Å². The molecule has 8 nitrogen and oxygen atoms in total. The van der Waals surface area contributed by atoms with Gasteiger partial charge < -0.3 is 10.2 Å². The van der Waals surface area contributed by atoms with Crippen LogP contribution in [0.4, 0.5) is 11.5 Å². The van der Waals surface area contributed by atoms with Gasteiger partial charge in [-0.2, -0.15) is 5.10 Å². The van der Waals surface area contributed by atoms with Crippen molar-refractivity contribution >= 4 is 40.6 Å². The van der Waals surface area contributed by atoms with Crippen molar-refractivity contribution in [1.82, 2.24) is 24.7 Å². The first-order valence-corrected chi connectivity index (χ1v) is 9.54. The normalized spacial score (nSPS) is 14.9. The molecule has 0 spiro atoms. The molecule has 0 atom stereocenters. The summed E-state index contributed by atoms with van der Waals surface area (Å²) in [5.74, 6) is 1.27. The highest BCUT2D eigenvalue weighted by Gasteiger charge is 2.26. The van der Waals surface area contributed by atoms with Crippen LogP contribution in [0.15, 0.2) is 43.2 Å². The molecule has 4 rings (SSSR count). The zero-order valence-electron chi connectivity index (χ0n) is 14.8. The number of carbonyl (C=O) groups excluding carboxylic acids is 1. The van der Waals surface area contributed by atoms with Crippen LogP contribution in [0.3, 0.4) is 0 Å². The maximum atomic E-state index is 12.6. The van der Waals surface area contributed by atoms with Gasteiger partial charge in [0.25, 0.3) is 0 Å². The minimum atomic E-state index is -0.111. The number of hydrogen-bond acceptors (Lipinski definition) is 6. The summed E-state index contributed by atoms with van der Waals surface area (Å²) in [7, 11) is 0. The number of halogens is 2. The van der Waals surface area contributed by atoms with Gasteiger partial charge in [0, 0.05) is 25.1 Å². The van der Waals surface area contributed by atoms with E-state index in [1.54, 1.807) is 29.2 Å². The second-order valence-electron chi connectivity index (χ2n) is 6.42. The summed E-state index contributed by atoms with van der Waals surface area (Å²) in [5, 5.41) is 7.81. The molecular weight excluding hydrogens is 401 g/mol. The Morgan fingerprint density at radius 1 is 1.07 bits per heavy atom. The van der Waals surface area contributed by atoms with Crippen molar-refractivity contribution in [1.29, 1.82) is 0 Å². The summed E-state index contributed by atoms with van der Waals surface area (Å²) in [6, 6.07) is 7.01. The van der Waals surface area contributed by atoms with Crippen molar-refractivity contribution in [2.45, 2.75) is 12.8 Å². The number of piperidine rings is 1. The van der Waals surface area contributed by atoms with Crippen LogP contribution in [0, 0.1) is 5.92 Å². The first-order chi connectivity index (χ1) is 13.6. The number of hydrogen-bond donors (Lipinski definition) is 1. The van der Waals surface area contributed by atoms with E-state index in [4.69, 9.17) is 23.2 Å². The average Bonchev–Trinajstić information content (AvgIpc) is 3.26. The Labute approximate surface area is 171 Å². The van der Waals surface area contributed by atoms with E-state index < -0.39 is 0 Å². The van der Waals surface area contributed by atoms with Crippen LogP contribution in [0.5, 0.6) is 0 Å². The standard InChI is InChI=1S/C18H17Cl2N7O/c19-13-2-1-3-14(20)17(13)25-18(28)12-4-6-26(7-5-12)15-8-16(23-10-22-15)27-11-21-9-24-27/h1-3,8-12H,4-7H2,(H,25,28). The molecule has 10 heteroatoms. The smallest absolute Gasteiger partial charge is 0.227 e. The molecule has 3 aromatic rings. The molecule has 1 N–H and O–H groups in total. The highest BCUT2D eigenvalue weighted by Crippen LogP contribution is 2.31. The van der Waals surface area contributed by atoms with E-state index in [-0.39, 0.29) is 11.8 Å². The highest BCUT2D eigenvalue weighted by atomic mass is 35.5. The molecule has 28 heavy (non-hydrogen) atoms. The second kappa shape index (κ2) is 8.12. The molecule has 0 radical (unpaired) electrons. The number of benzene rings is 1. The van der Waals surface area contributed by atoms with Gasteiger partial charge >= 0.3 is 0 Å². The van der Waals surface area contributed by atoms with Crippen LogP contribution in [0.2, 0.25) is 10.0 Å². The Balaban J connectivity index is 1.40. The van der Waals surface area contributed by atoms with E-state index in [2.05, 4.69) is 30.3 Å². The topological polar surface area (TPSA) is 88.8 Å². The van der Waals surface area contributed by atoms with E-state index in [1.807, 2.05) is 6.07 Å². The lowest BCUT2D eigenvalue weighted by Gasteiger charge is -2.32. The van der Waals surface area contributed by atoms with Crippen LogP contribution in [-0.4, -0.2) is 43.7 Å². The molecule has 1 aliphatic heterocycles.